The second kappa shape index (κ2) is 6.18. The number of thiophene rings is 1. The minimum absolute atomic E-state index is 0.0940. The average Bonchev–Trinajstić information content (AvgIpc) is 2.94. The maximum Gasteiger partial charge on any atom is 0.264 e. The first-order valence-electron chi connectivity index (χ1n) is 6.72. The van der Waals surface area contributed by atoms with Crippen LogP contribution in [0.3, 0.4) is 0 Å². The highest BCUT2D eigenvalue weighted by Gasteiger charge is 2.16. The minimum Gasteiger partial charge on any atom is -0.337 e. The number of benzene rings is 2. The average molecular weight is 378 g/mol. The molecule has 0 unspecified atom stereocenters. The van der Waals surface area contributed by atoms with Crippen LogP contribution >= 0.6 is 27.3 Å². The first-order valence-corrected chi connectivity index (χ1v) is 8.33. The standard InChI is InChI=1S/C17H13BrFNOS/c1-20(10-11-5-7-12(18)8-6-11)17(21)16-9-13-14(19)3-2-4-15(13)22-16/h2-9H,10H2,1H3. The summed E-state index contributed by atoms with van der Waals surface area (Å²) < 4.78 is 15.5. The largest absolute Gasteiger partial charge is 0.337 e. The van der Waals surface area contributed by atoms with Gasteiger partial charge in [0.2, 0.25) is 0 Å². The van der Waals surface area contributed by atoms with E-state index in [1.807, 2.05) is 30.3 Å². The molecule has 0 aliphatic heterocycles. The summed E-state index contributed by atoms with van der Waals surface area (Å²) in [4.78, 5) is 14.7. The molecule has 3 rings (SSSR count). The second-order valence-electron chi connectivity index (χ2n) is 5.05. The highest BCUT2D eigenvalue weighted by atomic mass is 79.9. The summed E-state index contributed by atoms with van der Waals surface area (Å²) in [7, 11) is 1.76. The quantitative estimate of drug-likeness (QED) is 0.623. The van der Waals surface area contributed by atoms with Crippen LogP contribution in [0.4, 0.5) is 4.39 Å². The Bertz CT molecular complexity index is 828. The van der Waals surface area contributed by atoms with Gasteiger partial charge in [0.15, 0.2) is 0 Å². The molecule has 0 aliphatic rings. The number of amides is 1. The number of nitrogens with zero attached hydrogens (tertiary/aromatic N) is 1. The molecule has 1 aromatic heterocycles. The van der Waals surface area contributed by atoms with E-state index >= 15 is 0 Å². The molecule has 0 saturated heterocycles. The van der Waals surface area contributed by atoms with Gasteiger partial charge in [-0.3, -0.25) is 4.79 Å². The van der Waals surface area contributed by atoms with Crippen LogP contribution in [-0.2, 0) is 6.54 Å². The van der Waals surface area contributed by atoms with Gasteiger partial charge in [0.1, 0.15) is 5.82 Å². The van der Waals surface area contributed by atoms with E-state index in [9.17, 15) is 9.18 Å². The Balaban J connectivity index is 1.82. The summed E-state index contributed by atoms with van der Waals surface area (Å²) in [6, 6.07) is 14.4. The molecule has 0 radical (unpaired) electrons. The third-order valence-electron chi connectivity index (χ3n) is 3.40. The van der Waals surface area contributed by atoms with Crippen molar-refractivity contribution in [1.82, 2.24) is 4.90 Å². The fourth-order valence-electron chi connectivity index (χ4n) is 2.25. The molecule has 0 fully saturated rings. The Labute approximate surface area is 140 Å². The first kappa shape index (κ1) is 15.2. The Morgan fingerprint density at radius 2 is 1.95 bits per heavy atom. The van der Waals surface area contributed by atoms with E-state index < -0.39 is 0 Å². The molecule has 0 spiro atoms. The predicted molar refractivity (Wildman–Crippen MR) is 91.7 cm³/mol. The Hall–Kier alpha value is -1.72. The van der Waals surface area contributed by atoms with E-state index in [4.69, 9.17) is 0 Å². The van der Waals surface area contributed by atoms with Crippen molar-refractivity contribution >= 4 is 43.3 Å². The fraction of sp³-hybridized carbons (Fsp3) is 0.118. The molecule has 2 nitrogen and oxygen atoms in total. The van der Waals surface area contributed by atoms with Crippen molar-refractivity contribution in [3.63, 3.8) is 0 Å². The topological polar surface area (TPSA) is 20.3 Å². The van der Waals surface area contributed by atoms with Gasteiger partial charge in [0, 0.05) is 28.2 Å². The normalized spacial score (nSPS) is 10.9. The molecule has 112 valence electrons. The number of hydrogen-bond donors (Lipinski definition) is 0. The maximum atomic E-state index is 13.7. The maximum absolute atomic E-state index is 13.7. The van der Waals surface area contributed by atoms with Crippen LogP contribution in [0.2, 0.25) is 0 Å². The Kier molecular flexibility index (Phi) is 4.27. The van der Waals surface area contributed by atoms with Crippen molar-refractivity contribution in [1.29, 1.82) is 0 Å². The molecule has 1 heterocycles. The number of fused-ring (bicyclic) bond motifs is 1. The van der Waals surface area contributed by atoms with E-state index in [2.05, 4.69) is 15.9 Å². The van der Waals surface area contributed by atoms with Gasteiger partial charge in [-0.2, -0.15) is 0 Å². The van der Waals surface area contributed by atoms with Gasteiger partial charge in [0.05, 0.1) is 4.88 Å². The second-order valence-corrected chi connectivity index (χ2v) is 7.05. The molecule has 0 atom stereocenters. The molecule has 2 aromatic carbocycles. The summed E-state index contributed by atoms with van der Waals surface area (Å²) in [6.45, 7) is 0.517. The van der Waals surface area contributed by atoms with E-state index in [0.717, 1.165) is 14.7 Å². The fourth-order valence-corrected chi connectivity index (χ4v) is 3.59. The molecule has 0 N–H and O–H groups in total. The van der Waals surface area contributed by atoms with Crippen LogP contribution in [0, 0.1) is 5.82 Å². The molecule has 22 heavy (non-hydrogen) atoms. The molecule has 0 bridgehead atoms. The Morgan fingerprint density at radius 1 is 1.23 bits per heavy atom. The van der Waals surface area contributed by atoms with E-state index in [1.165, 1.54) is 17.4 Å². The van der Waals surface area contributed by atoms with Gasteiger partial charge in [0.25, 0.3) is 5.91 Å². The number of carbonyl (C=O) groups is 1. The van der Waals surface area contributed by atoms with Gasteiger partial charge in [-0.15, -0.1) is 11.3 Å². The summed E-state index contributed by atoms with van der Waals surface area (Å²) in [5, 5.41) is 0.507. The SMILES string of the molecule is CN(Cc1ccc(Br)cc1)C(=O)c1cc2c(F)cccc2s1. The summed E-state index contributed by atoms with van der Waals surface area (Å²) >= 11 is 4.71. The van der Waals surface area contributed by atoms with Crippen LogP contribution in [0.15, 0.2) is 53.0 Å². The summed E-state index contributed by atoms with van der Waals surface area (Å²) in [6.07, 6.45) is 0. The summed E-state index contributed by atoms with van der Waals surface area (Å²) in [5.41, 5.74) is 1.05. The third kappa shape index (κ3) is 3.05. The van der Waals surface area contributed by atoms with E-state index in [-0.39, 0.29) is 11.7 Å². The number of hydrogen-bond acceptors (Lipinski definition) is 2. The zero-order chi connectivity index (χ0) is 15.7. The lowest BCUT2D eigenvalue weighted by Crippen LogP contribution is -2.25. The highest BCUT2D eigenvalue weighted by Crippen LogP contribution is 2.28. The van der Waals surface area contributed by atoms with Crippen molar-refractivity contribution in [3.8, 4) is 0 Å². The first-order chi connectivity index (χ1) is 10.5. The monoisotopic (exact) mass is 377 g/mol. The van der Waals surface area contributed by atoms with Gasteiger partial charge in [-0.1, -0.05) is 34.1 Å². The number of carbonyl (C=O) groups excluding carboxylic acids is 1. The minimum atomic E-state index is -0.289. The lowest BCUT2D eigenvalue weighted by Gasteiger charge is -2.16. The molecule has 0 aliphatic carbocycles. The molecule has 1 amide bonds. The molecule has 0 saturated carbocycles. The van der Waals surface area contributed by atoms with Crippen LogP contribution in [0.25, 0.3) is 10.1 Å². The molecule has 5 heteroatoms. The van der Waals surface area contributed by atoms with Crippen LogP contribution < -0.4 is 0 Å². The van der Waals surface area contributed by atoms with E-state index in [1.54, 1.807) is 24.1 Å². The summed E-state index contributed by atoms with van der Waals surface area (Å²) in [5.74, 6) is -0.383. The number of halogens is 2. The molecular formula is C17H13BrFNOS. The van der Waals surface area contributed by atoms with Crippen molar-refractivity contribution in [2.75, 3.05) is 7.05 Å². The Morgan fingerprint density at radius 3 is 2.64 bits per heavy atom. The van der Waals surface area contributed by atoms with Crippen molar-refractivity contribution < 1.29 is 9.18 Å². The zero-order valence-corrected chi connectivity index (χ0v) is 14.2. The smallest absolute Gasteiger partial charge is 0.264 e. The zero-order valence-electron chi connectivity index (χ0n) is 11.8. The van der Waals surface area contributed by atoms with Crippen molar-refractivity contribution in [3.05, 3.63) is 69.3 Å². The van der Waals surface area contributed by atoms with Crippen LogP contribution in [0.1, 0.15) is 15.2 Å². The van der Waals surface area contributed by atoms with Crippen molar-refractivity contribution in [2.24, 2.45) is 0 Å². The van der Waals surface area contributed by atoms with Gasteiger partial charge < -0.3 is 4.90 Å². The van der Waals surface area contributed by atoms with Gasteiger partial charge in [-0.25, -0.2) is 4.39 Å². The van der Waals surface area contributed by atoms with Crippen molar-refractivity contribution in [2.45, 2.75) is 6.54 Å². The van der Waals surface area contributed by atoms with Gasteiger partial charge >= 0.3 is 0 Å². The predicted octanol–water partition coefficient (Wildman–Crippen LogP) is 5.08. The van der Waals surface area contributed by atoms with Gasteiger partial charge in [-0.05, 0) is 35.9 Å². The van der Waals surface area contributed by atoms with Crippen LogP contribution in [-0.4, -0.2) is 17.9 Å². The lowest BCUT2D eigenvalue weighted by molar-refractivity contribution is 0.0790. The molecule has 3 aromatic rings. The highest BCUT2D eigenvalue weighted by molar-refractivity contribution is 9.10. The molecular weight excluding hydrogens is 365 g/mol. The lowest BCUT2D eigenvalue weighted by atomic mass is 10.2. The van der Waals surface area contributed by atoms with E-state index in [0.29, 0.717) is 16.8 Å². The van der Waals surface area contributed by atoms with Crippen LogP contribution in [0.5, 0.6) is 0 Å². The number of rotatable bonds is 3. The third-order valence-corrected chi connectivity index (χ3v) is 5.02.